The van der Waals surface area contributed by atoms with Gasteiger partial charge < -0.3 is 9.84 Å². The minimum Gasteiger partial charge on any atom is -0.389 e. The van der Waals surface area contributed by atoms with Gasteiger partial charge in [-0.3, -0.25) is 0 Å². The Balaban J connectivity index is 1.85. The smallest absolute Gasteiger partial charge is 0.156 e. The van der Waals surface area contributed by atoms with Gasteiger partial charge in [0.2, 0.25) is 0 Å². The predicted molar refractivity (Wildman–Crippen MR) is 78.6 cm³/mol. The molecule has 0 saturated heterocycles. The van der Waals surface area contributed by atoms with Crippen molar-refractivity contribution in [3.05, 3.63) is 41.5 Å². The minimum atomic E-state index is -0.767. The number of nitrogens with zero attached hydrogens (tertiary/aromatic N) is 4. The Morgan fingerprint density at radius 2 is 2.05 bits per heavy atom. The third kappa shape index (κ3) is 4.32. The summed E-state index contributed by atoms with van der Waals surface area (Å²) in [6.07, 6.45) is -0.767. The SMILES string of the molecule is CC(C)(C)c1nnnn1CC(O)COCc1ccccc1F. The first kappa shape index (κ1) is 16.5. The molecule has 22 heavy (non-hydrogen) atoms. The van der Waals surface area contributed by atoms with Crippen LogP contribution in [-0.2, 0) is 23.3 Å². The van der Waals surface area contributed by atoms with E-state index in [2.05, 4.69) is 15.5 Å². The van der Waals surface area contributed by atoms with E-state index in [1.54, 1.807) is 22.9 Å². The van der Waals surface area contributed by atoms with Gasteiger partial charge in [-0.25, -0.2) is 9.07 Å². The summed E-state index contributed by atoms with van der Waals surface area (Å²) < 4.78 is 20.4. The second-order valence-corrected chi connectivity index (χ2v) is 6.19. The van der Waals surface area contributed by atoms with E-state index in [0.717, 1.165) is 0 Å². The fourth-order valence-corrected chi connectivity index (χ4v) is 2.04. The summed E-state index contributed by atoms with van der Waals surface area (Å²) in [5, 5.41) is 21.5. The van der Waals surface area contributed by atoms with E-state index in [4.69, 9.17) is 4.74 Å². The number of halogens is 1. The summed E-state index contributed by atoms with van der Waals surface area (Å²) in [6.45, 7) is 6.42. The molecule has 1 unspecified atom stereocenters. The summed E-state index contributed by atoms with van der Waals surface area (Å²) in [6, 6.07) is 6.40. The Labute approximate surface area is 128 Å². The molecule has 0 bridgehead atoms. The van der Waals surface area contributed by atoms with E-state index in [9.17, 15) is 9.50 Å². The fourth-order valence-electron chi connectivity index (χ4n) is 2.04. The molecule has 0 spiro atoms. The van der Waals surface area contributed by atoms with E-state index >= 15 is 0 Å². The topological polar surface area (TPSA) is 73.1 Å². The standard InChI is InChI=1S/C15H21FN4O2/c1-15(2,3)14-17-18-19-20(14)8-12(21)10-22-9-11-6-4-5-7-13(11)16/h4-7,12,21H,8-10H2,1-3H3. The third-order valence-electron chi connectivity index (χ3n) is 3.11. The second kappa shape index (κ2) is 6.93. The highest BCUT2D eigenvalue weighted by molar-refractivity contribution is 5.16. The quantitative estimate of drug-likeness (QED) is 0.879. The molecule has 0 aliphatic heterocycles. The van der Waals surface area contributed by atoms with Crippen LogP contribution in [-0.4, -0.2) is 38.0 Å². The molecule has 1 atom stereocenters. The highest BCUT2D eigenvalue weighted by atomic mass is 19.1. The van der Waals surface area contributed by atoms with Crippen molar-refractivity contribution in [2.75, 3.05) is 6.61 Å². The van der Waals surface area contributed by atoms with Crippen molar-refractivity contribution in [2.24, 2.45) is 0 Å². The Morgan fingerprint density at radius 3 is 2.73 bits per heavy atom. The summed E-state index contributed by atoms with van der Waals surface area (Å²) >= 11 is 0. The van der Waals surface area contributed by atoms with Crippen LogP contribution in [0.2, 0.25) is 0 Å². The van der Waals surface area contributed by atoms with E-state index in [-0.39, 0.29) is 31.0 Å². The lowest BCUT2D eigenvalue weighted by Crippen LogP contribution is -2.27. The molecule has 1 aromatic carbocycles. The first-order chi connectivity index (χ1) is 10.4. The molecule has 1 aromatic heterocycles. The van der Waals surface area contributed by atoms with Crippen LogP contribution in [0.1, 0.15) is 32.2 Å². The number of aliphatic hydroxyl groups is 1. The van der Waals surface area contributed by atoms with Crippen molar-refractivity contribution >= 4 is 0 Å². The van der Waals surface area contributed by atoms with Gasteiger partial charge in [0.1, 0.15) is 5.82 Å². The van der Waals surface area contributed by atoms with Crippen molar-refractivity contribution in [3.8, 4) is 0 Å². The lowest BCUT2D eigenvalue weighted by Gasteiger charge is -2.18. The number of hydrogen-bond donors (Lipinski definition) is 1. The third-order valence-corrected chi connectivity index (χ3v) is 3.11. The lowest BCUT2D eigenvalue weighted by molar-refractivity contribution is 0.0168. The molecule has 0 saturated carbocycles. The van der Waals surface area contributed by atoms with Gasteiger partial charge >= 0.3 is 0 Å². The maximum absolute atomic E-state index is 13.4. The van der Waals surface area contributed by atoms with Crippen LogP contribution in [0.5, 0.6) is 0 Å². The first-order valence-corrected chi connectivity index (χ1v) is 7.14. The number of benzene rings is 1. The van der Waals surface area contributed by atoms with Crippen molar-refractivity contribution in [1.82, 2.24) is 20.2 Å². The monoisotopic (exact) mass is 308 g/mol. The molecule has 6 nitrogen and oxygen atoms in total. The van der Waals surface area contributed by atoms with Crippen LogP contribution in [0.3, 0.4) is 0 Å². The number of tetrazole rings is 1. The van der Waals surface area contributed by atoms with Crippen LogP contribution in [0, 0.1) is 5.82 Å². The molecular formula is C15H21FN4O2. The van der Waals surface area contributed by atoms with Gasteiger partial charge in [-0.1, -0.05) is 39.0 Å². The van der Waals surface area contributed by atoms with E-state index in [1.807, 2.05) is 20.8 Å². The van der Waals surface area contributed by atoms with Crippen LogP contribution in [0.4, 0.5) is 4.39 Å². The van der Waals surface area contributed by atoms with Gasteiger partial charge in [-0.05, 0) is 16.5 Å². The maximum Gasteiger partial charge on any atom is 0.156 e. The van der Waals surface area contributed by atoms with Crippen molar-refractivity contribution in [2.45, 2.75) is 45.4 Å². The van der Waals surface area contributed by atoms with E-state index < -0.39 is 6.10 Å². The van der Waals surface area contributed by atoms with Crippen molar-refractivity contribution in [1.29, 1.82) is 0 Å². The van der Waals surface area contributed by atoms with Gasteiger partial charge in [0.15, 0.2) is 5.82 Å². The summed E-state index contributed by atoms with van der Waals surface area (Å²) in [5.41, 5.74) is 0.254. The minimum absolute atomic E-state index is 0.0811. The van der Waals surface area contributed by atoms with Gasteiger partial charge in [0, 0.05) is 11.0 Å². The molecule has 120 valence electrons. The van der Waals surface area contributed by atoms with Gasteiger partial charge in [-0.2, -0.15) is 0 Å². The van der Waals surface area contributed by atoms with E-state index in [1.165, 1.54) is 6.07 Å². The zero-order valence-corrected chi connectivity index (χ0v) is 13.0. The Morgan fingerprint density at radius 1 is 1.32 bits per heavy atom. The summed E-state index contributed by atoms with van der Waals surface area (Å²) in [7, 11) is 0. The molecule has 1 N–H and O–H groups in total. The average Bonchev–Trinajstić information content (AvgIpc) is 2.89. The average molecular weight is 308 g/mol. The molecule has 7 heteroatoms. The molecule has 0 aliphatic carbocycles. The second-order valence-electron chi connectivity index (χ2n) is 6.19. The zero-order chi connectivity index (χ0) is 16.2. The molecule has 0 radical (unpaired) electrons. The first-order valence-electron chi connectivity index (χ1n) is 7.14. The number of aromatic nitrogens is 4. The molecule has 0 amide bonds. The Hall–Kier alpha value is -1.86. The Bertz CT molecular complexity index is 610. The lowest BCUT2D eigenvalue weighted by atomic mass is 9.96. The largest absolute Gasteiger partial charge is 0.389 e. The molecular weight excluding hydrogens is 287 g/mol. The molecule has 2 rings (SSSR count). The maximum atomic E-state index is 13.4. The van der Waals surface area contributed by atoms with Crippen LogP contribution in [0.25, 0.3) is 0 Å². The number of rotatable bonds is 6. The normalized spacial score (nSPS) is 13.3. The number of ether oxygens (including phenoxy) is 1. The van der Waals surface area contributed by atoms with Gasteiger partial charge in [0.25, 0.3) is 0 Å². The van der Waals surface area contributed by atoms with Gasteiger partial charge in [-0.15, -0.1) is 5.10 Å². The predicted octanol–water partition coefficient (Wildman–Crippen LogP) is 1.69. The highest BCUT2D eigenvalue weighted by Crippen LogP contribution is 2.18. The molecule has 0 aliphatic rings. The van der Waals surface area contributed by atoms with Crippen molar-refractivity contribution in [3.63, 3.8) is 0 Å². The Kier molecular flexibility index (Phi) is 5.20. The molecule has 2 aromatic rings. The van der Waals surface area contributed by atoms with Gasteiger partial charge in [0.05, 0.1) is 25.9 Å². The summed E-state index contributed by atoms with van der Waals surface area (Å²) in [4.78, 5) is 0. The van der Waals surface area contributed by atoms with Crippen LogP contribution < -0.4 is 0 Å². The molecule has 1 heterocycles. The van der Waals surface area contributed by atoms with E-state index in [0.29, 0.717) is 11.4 Å². The number of hydrogen-bond acceptors (Lipinski definition) is 5. The highest BCUT2D eigenvalue weighted by Gasteiger charge is 2.23. The zero-order valence-electron chi connectivity index (χ0n) is 13.0. The molecule has 0 fully saturated rings. The summed E-state index contributed by atoms with van der Waals surface area (Å²) in [5.74, 6) is 0.383. The van der Waals surface area contributed by atoms with Crippen molar-refractivity contribution < 1.29 is 14.2 Å². The van der Waals surface area contributed by atoms with Crippen LogP contribution >= 0.6 is 0 Å². The van der Waals surface area contributed by atoms with Crippen LogP contribution in [0.15, 0.2) is 24.3 Å². The number of aliphatic hydroxyl groups excluding tert-OH is 1. The fraction of sp³-hybridized carbons (Fsp3) is 0.533.